The molecule has 0 bridgehead atoms. The molecule has 29 heavy (non-hydrogen) atoms. The van der Waals surface area contributed by atoms with Crippen LogP contribution in [0.2, 0.25) is 0 Å². The van der Waals surface area contributed by atoms with E-state index >= 15 is 0 Å². The topological polar surface area (TPSA) is 83.1 Å². The first-order valence-corrected chi connectivity index (χ1v) is 9.75. The molecule has 1 heterocycles. The van der Waals surface area contributed by atoms with E-state index < -0.39 is 11.8 Å². The van der Waals surface area contributed by atoms with Crippen molar-refractivity contribution < 1.29 is 14.0 Å². The monoisotopic (exact) mass is 412 g/mol. The van der Waals surface area contributed by atoms with Crippen LogP contribution in [-0.4, -0.2) is 16.9 Å². The molecule has 0 atom stereocenters. The third-order valence-corrected chi connectivity index (χ3v) is 5.29. The molecule has 0 saturated heterocycles. The Morgan fingerprint density at radius 3 is 2.31 bits per heavy atom. The van der Waals surface area contributed by atoms with E-state index in [1.807, 2.05) is 32.9 Å². The van der Waals surface area contributed by atoms with Gasteiger partial charge in [-0.25, -0.2) is 14.2 Å². The van der Waals surface area contributed by atoms with Gasteiger partial charge in [-0.1, -0.05) is 35.1 Å². The number of urea groups is 1. The van der Waals surface area contributed by atoms with Gasteiger partial charge in [0.1, 0.15) is 10.7 Å². The first-order chi connectivity index (χ1) is 13.7. The maximum absolute atomic E-state index is 13.2. The minimum atomic E-state index is -0.568. The summed E-state index contributed by atoms with van der Waals surface area (Å²) >= 11 is 1.07. The summed E-state index contributed by atoms with van der Waals surface area (Å²) in [5, 5.41) is 8.31. The van der Waals surface area contributed by atoms with Gasteiger partial charge in [0.15, 0.2) is 5.13 Å². The van der Waals surface area contributed by atoms with E-state index in [9.17, 15) is 14.0 Å². The number of aromatic nitrogens is 1. The molecule has 0 spiro atoms. The molecule has 150 valence electrons. The lowest BCUT2D eigenvalue weighted by Crippen LogP contribution is -2.19. The Morgan fingerprint density at radius 1 is 0.966 bits per heavy atom. The van der Waals surface area contributed by atoms with E-state index in [0.29, 0.717) is 16.3 Å². The molecule has 3 rings (SSSR count). The number of nitrogens with one attached hydrogen (secondary N) is 3. The molecule has 3 amide bonds. The number of carbonyl (C=O) groups excluding carboxylic acids is 2. The predicted octanol–water partition coefficient (Wildman–Crippen LogP) is 5.41. The number of carbonyl (C=O) groups is 2. The van der Waals surface area contributed by atoms with E-state index in [-0.39, 0.29) is 11.0 Å². The Labute approximate surface area is 172 Å². The Bertz CT molecular complexity index is 1070. The van der Waals surface area contributed by atoms with Gasteiger partial charge in [0.2, 0.25) is 0 Å². The number of rotatable bonds is 4. The molecule has 3 aromatic rings. The number of hydrogen-bond acceptors (Lipinski definition) is 4. The summed E-state index contributed by atoms with van der Waals surface area (Å²) in [5.41, 5.74) is 4.68. The number of aryl methyl sites for hydroxylation is 4. The number of amides is 3. The molecule has 6 nitrogen and oxygen atoms in total. The molecular weight excluding hydrogens is 391 g/mol. The van der Waals surface area contributed by atoms with Crippen molar-refractivity contribution in [2.24, 2.45) is 0 Å². The van der Waals surface area contributed by atoms with E-state index in [1.165, 1.54) is 18.2 Å². The highest BCUT2D eigenvalue weighted by molar-refractivity contribution is 7.17. The van der Waals surface area contributed by atoms with Crippen LogP contribution in [0.4, 0.5) is 25.7 Å². The average molecular weight is 412 g/mol. The molecular formula is C21H21FN4O2S. The van der Waals surface area contributed by atoms with Gasteiger partial charge in [-0.15, -0.1) is 0 Å². The highest BCUT2D eigenvalue weighted by Gasteiger charge is 2.18. The summed E-state index contributed by atoms with van der Waals surface area (Å²) in [4.78, 5) is 29.5. The fraction of sp³-hybridized carbons (Fsp3) is 0.190. The van der Waals surface area contributed by atoms with E-state index in [0.717, 1.165) is 33.7 Å². The molecule has 8 heteroatoms. The molecule has 0 fully saturated rings. The normalized spacial score (nSPS) is 10.5. The zero-order valence-electron chi connectivity index (χ0n) is 16.5. The third kappa shape index (κ3) is 4.97. The Kier molecular flexibility index (Phi) is 5.93. The molecule has 0 aliphatic carbocycles. The fourth-order valence-corrected chi connectivity index (χ4v) is 3.89. The molecule has 0 saturated carbocycles. The molecule has 3 N–H and O–H groups in total. The third-order valence-electron chi connectivity index (χ3n) is 4.22. The lowest BCUT2D eigenvalue weighted by atomic mass is 10.1. The van der Waals surface area contributed by atoms with Crippen molar-refractivity contribution in [3.05, 3.63) is 69.5 Å². The van der Waals surface area contributed by atoms with Gasteiger partial charge in [-0.3, -0.25) is 10.1 Å². The summed E-state index contributed by atoms with van der Waals surface area (Å²) < 4.78 is 13.2. The van der Waals surface area contributed by atoms with Crippen LogP contribution >= 0.6 is 11.3 Å². The Hall–Kier alpha value is -3.26. The standard InChI is InChI=1S/C21H21FN4O2S/c1-11-8-12(2)17(13(3)9-11)25-19(27)18-14(4)23-21(29-18)26-20(28)24-16-7-5-6-15(22)10-16/h5-10H,1-4H3,(H,25,27)(H2,23,24,26,28). The van der Waals surface area contributed by atoms with Gasteiger partial charge in [0.25, 0.3) is 5.91 Å². The fourth-order valence-electron chi connectivity index (χ4n) is 3.03. The van der Waals surface area contributed by atoms with E-state index in [4.69, 9.17) is 0 Å². The van der Waals surface area contributed by atoms with Crippen LogP contribution in [0.3, 0.4) is 0 Å². The van der Waals surface area contributed by atoms with Gasteiger partial charge in [0, 0.05) is 11.4 Å². The van der Waals surface area contributed by atoms with Gasteiger partial charge in [0.05, 0.1) is 5.69 Å². The first kappa shape index (κ1) is 20.5. The molecule has 1 aromatic heterocycles. The number of benzene rings is 2. The van der Waals surface area contributed by atoms with E-state index in [1.54, 1.807) is 13.0 Å². The first-order valence-electron chi connectivity index (χ1n) is 8.93. The van der Waals surface area contributed by atoms with Crippen LogP contribution in [0.25, 0.3) is 0 Å². The van der Waals surface area contributed by atoms with Crippen molar-refractivity contribution in [2.45, 2.75) is 27.7 Å². The van der Waals surface area contributed by atoms with Crippen molar-refractivity contribution in [2.75, 3.05) is 16.0 Å². The van der Waals surface area contributed by atoms with Gasteiger partial charge in [-0.05, 0) is 57.0 Å². The van der Waals surface area contributed by atoms with Crippen LogP contribution in [0.15, 0.2) is 36.4 Å². The van der Waals surface area contributed by atoms with Crippen molar-refractivity contribution >= 4 is 39.8 Å². The molecule has 0 unspecified atom stereocenters. The van der Waals surface area contributed by atoms with E-state index in [2.05, 4.69) is 20.9 Å². The summed E-state index contributed by atoms with van der Waals surface area (Å²) in [7, 11) is 0. The predicted molar refractivity (Wildman–Crippen MR) is 114 cm³/mol. The molecule has 0 radical (unpaired) electrons. The lowest BCUT2D eigenvalue weighted by molar-refractivity contribution is 0.102. The van der Waals surface area contributed by atoms with Gasteiger partial charge < -0.3 is 10.6 Å². The van der Waals surface area contributed by atoms with Gasteiger partial charge >= 0.3 is 6.03 Å². The van der Waals surface area contributed by atoms with Crippen molar-refractivity contribution in [3.8, 4) is 0 Å². The van der Waals surface area contributed by atoms with Crippen molar-refractivity contribution in [1.82, 2.24) is 4.98 Å². The largest absolute Gasteiger partial charge is 0.325 e. The summed E-state index contributed by atoms with van der Waals surface area (Å²) in [6.45, 7) is 7.60. The summed E-state index contributed by atoms with van der Waals surface area (Å²) in [6, 6.07) is 9.00. The van der Waals surface area contributed by atoms with Crippen LogP contribution in [0.5, 0.6) is 0 Å². The van der Waals surface area contributed by atoms with Crippen LogP contribution in [0.1, 0.15) is 32.1 Å². The quantitative estimate of drug-likeness (QED) is 0.536. The summed E-state index contributed by atoms with van der Waals surface area (Å²) in [6.07, 6.45) is 0. The Morgan fingerprint density at radius 2 is 1.66 bits per heavy atom. The smallest absolute Gasteiger partial charge is 0.321 e. The average Bonchev–Trinajstić information content (AvgIpc) is 2.98. The highest BCUT2D eigenvalue weighted by atomic mass is 32.1. The molecule has 0 aliphatic heterocycles. The zero-order valence-corrected chi connectivity index (χ0v) is 17.3. The maximum Gasteiger partial charge on any atom is 0.325 e. The number of thiazole rings is 1. The number of nitrogens with zero attached hydrogens (tertiary/aromatic N) is 1. The molecule has 0 aliphatic rings. The number of halogens is 1. The number of hydrogen-bond donors (Lipinski definition) is 3. The van der Waals surface area contributed by atoms with Crippen LogP contribution in [-0.2, 0) is 0 Å². The zero-order chi connectivity index (χ0) is 21.1. The minimum absolute atomic E-state index is 0.277. The van der Waals surface area contributed by atoms with Crippen molar-refractivity contribution in [1.29, 1.82) is 0 Å². The second kappa shape index (κ2) is 8.40. The summed E-state index contributed by atoms with van der Waals surface area (Å²) in [5.74, 6) is -0.734. The second-order valence-electron chi connectivity index (χ2n) is 6.75. The second-order valence-corrected chi connectivity index (χ2v) is 7.75. The highest BCUT2D eigenvalue weighted by Crippen LogP contribution is 2.27. The van der Waals surface area contributed by atoms with Crippen LogP contribution < -0.4 is 16.0 Å². The Balaban J connectivity index is 1.71. The minimum Gasteiger partial charge on any atom is -0.321 e. The maximum atomic E-state index is 13.2. The lowest BCUT2D eigenvalue weighted by Gasteiger charge is -2.12. The number of anilines is 3. The molecule has 2 aromatic carbocycles. The SMILES string of the molecule is Cc1cc(C)c(NC(=O)c2sc(NC(=O)Nc3cccc(F)c3)nc2C)c(C)c1. The van der Waals surface area contributed by atoms with Crippen LogP contribution in [0, 0.1) is 33.5 Å². The van der Waals surface area contributed by atoms with Gasteiger partial charge in [-0.2, -0.15) is 0 Å². The van der Waals surface area contributed by atoms with Crippen molar-refractivity contribution in [3.63, 3.8) is 0 Å².